The third kappa shape index (κ3) is 4.83. The van der Waals surface area contributed by atoms with Crippen molar-refractivity contribution in [1.29, 1.82) is 0 Å². The maximum atomic E-state index is 12.5. The lowest BCUT2D eigenvalue weighted by molar-refractivity contribution is -0.143. The molecule has 27 heavy (non-hydrogen) atoms. The molecule has 5 atom stereocenters. The Morgan fingerprint density at radius 3 is 2.37 bits per heavy atom. The molecule has 0 amide bonds. The number of hydrogen-bond acceptors (Lipinski definition) is 3. The predicted molar refractivity (Wildman–Crippen MR) is 108 cm³/mol. The first kappa shape index (κ1) is 21.4. The minimum Gasteiger partial charge on any atom is -0.374 e. The van der Waals surface area contributed by atoms with Crippen LogP contribution in [0.3, 0.4) is 0 Å². The highest BCUT2D eigenvalue weighted by Crippen LogP contribution is 2.47. The molecule has 0 radical (unpaired) electrons. The molecule has 0 aliphatic carbocycles. The Kier molecular flexibility index (Phi) is 6.83. The Hall–Kier alpha value is -0.290. The summed E-state index contributed by atoms with van der Waals surface area (Å²) >= 11 is 0. The second-order valence-corrected chi connectivity index (χ2v) is 8.22. The van der Waals surface area contributed by atoms with Crippen LogP contribution in [0.15, 0.2) is 4.99 Å². The number of alkyl halides is 3. The van der Waals surface area contributed by atoms with Gasteiger partial charge in [-0.05, 0) is 38.6 Å². The van der Waals surface area contributed by atoms with Crippen molar-refractivity contribution in [2.24, 2.45) is 22.7 Å². The first-order valence-electron chi connectivity index (χ1n) is 9.90. The molecule has 9 heteroatoms. The number of fused-ring (bicyclic) bond motifs is 5. The maximum absolute atomic E-state index is 12.5. The van der Waals surface area contributed by atoms with Crippen LogP contribution < -0.4 is 5.32 Å². The van der Waals surface area contributed by atoms with E-state index in [0.29, 0.717) is 43.7 Å². The van der Waals surface area contributed by atoms with Gasteiger partial charge in [0.15, 0.2) is 5.96 Å². The third-order valence-electron chi connectivity index (χ3n) is 6.36. The molecular weight excluding hydrogens is 472 g/mol. The summed E-state index contributed by atoms with van der Waals surface area (Å²) in [6.45, 7) is 5.65. The zero-order valence-corrected chi connectivity index (χ0v) is 18.1. The van der Waals surface area contributed by atoms with E-state index in [1.807, 2.05) is 0 Å². The van der Waals surface area contributed by atoms with Gasteiger partial charge in [0.05, 0.1) is 18.8 Å². The van der Waals surface area contributed by atoms with Crippen molar-refractivity contribution in [3.63, 3.8) is 0 Å². The summed E-state index contributed by atoms with van der Waals surface area (Å²) in [5.74, 6) is 2.38. The second kappa shape index (κ2) is 8.61. The first-order chi connectivity index (χ1) is 12.4. The average Bonchev–Trinajstić information content (AvgIpc) is 3.31. The van der Waals surface area contributed by atoms with Crippen LogP contribution in [0, 0.1) is 17.8 Å². The SMILES string of the molecule is CCNC(=NCC1CCN(CC(F)(F)F)C1)N1CC2C3CCC(O3)C2C1.I. The number of rotatable bonds is 4. The number of aliphatic imine (C=N–C) groups is 1. The molecule has 5 unspecified atom stereocenters. The summed E-state index contributed by atoms with van der Waals surface area (Å²) in [7, 11) is 0. The van der Waals surface area contributed by atoms with Gasteiger partial charge in [-0.2, -0.15) is 13.2 Å². The van der Waals surface area contributed by atoms with Gasteiger partial charge in [0.25, 0.3) is 0 Å². The van der Waals surface area contributed by atoms with E-state index in [1.165, 1.54) is 17.7 Å². The number of hydrogen-bond donors (Lipinski definition) is 1. The standard InChI is InChI=1S/C18H29F3N4O.HI/c1-2-22-17(23-7-12-5-6-24(8-12)11-18(19,20)21)25-9-13-14(10-25)16-4-3-15(13)26-16;/h12-16H,2-11H2,1H3,(H,22,23);1H. The third-order valence-corrected chi connectivity index (χ3v) is 6.36. The van der Waals surface area contributed by atoms with Crippen molar-refractivity contribution < 1.29 is 17.9 Å². The minimum atomic E-state index is -4.11. The zero-order valence-electron chi connectivity index (χ0n) is 15.7. The van der Waals surface area contributed by atoms with Crippen LogP contribution in [0.1, 0.15) is 26.2 Å². The smallest absolute Gasteiger partial charge is 0.374 e. The van der Waals surface area contributed by atoms with E-state index in [1.54, 1.807) is 0 Å². The molecule has 4 aliphatic rings. The van der Waals surface area contributed by atoms with E-state index in [4.69, 9.17) is 9.73 Å². The molecule has 0 aromatic rings. The van der Waals surface area contributed by atoms with Gasteiger partial charge in [-0.3, -0.25) is 9.89 Å². The number of halogens is 4. The molecular formula is C18H30F3IN4O. The van der Waals surface area contributed by atoms with Gasteiger partial charge in [0.2, 0.25) is 0 Å². The van der Waals surface area contributed by atoms with Gasteiger partial charge in [-0.15, -0.1) is 24.0 Å². The van der Waals surface area contributed by atoms with Gasteiger partial charge in [-0.25, -0.2) is 0 Å². The summed E-state index contributed by atoms with van der Waals surface area (Å²) < 4.78 is 43.6. The van der Waals surface area contributed by atoms with Crippen LogP contribution in [0.2, 0.25) is 0 Å². The van der Waals surface area contributed by atoms with E-state index >= 15 is 0 Å². The summed E-state index contributed by atoms with van der Waals surface area (Å²) in [4.78, 5) is 8.63. The summed E-state index contributed by atoms with van der Waals surface area (Å²) in [6, 6.07) is 0. The highest BCUT2D eigenvalue weighted by Gasteiger charge is 2.53. The van der Waals surface area contributed by atoms with Gasteiger partial charge >= 0.3 is 6.18 Å². The van der Waals surface area contributed by atoms with Crippen molar-refractivity contribution in [2.75, 3.05) is 45.8 Å². The van der Waals surface area contributed by atoms with Crippen LogP contribution in [-0.2, 0) is 4.74 Å². The Bertz CT molecular complexity index is 529. The summed E-state index contributed by atoms with van der Waals surface area (Å²) in [5.41, 5.74) is 0. The maximum Gasteiger partial charge on any atom is 0.401 e. The lowest BCUT2D eigenvalue weighted by Gasteiger charge is -2.24. The van der Waals surface area contributed by atoms with E-state index in [-0.39, 0.29) is 29.9 Å². The molecule has 156 valence electrons. The predicted octanol–water partition coefficient (Wildman–Crippen LogP) is 2.56. The molecule has 4 rings (SSSR count). The molecule has 4 fully saturated rings. The van der Waals surface area contributed by atoms with E-state index in [9.17, 15) is 13.2 Å². The monoisotopic (exact) mass is 502 g/mol. The van der Waals surface area contributed by atoms with Crippen LogP contribution >= 0.6 is 24.0 Å². The highest BCUT2D eigenvalue weighted by molar-refractivity contribution is 14.0. The zero-order chi connectivity index (χ0) is 18.3. The van der Waals surface area contributed by atoms with Crippen molar-refractivity contribution >= 4 is 29.9 Å². The lowest BCUT2D eigenvalue weighted by Crippen LogP contribution is -2.41. The number of ether oxygens (including phenoxy) is 1. The van der Waals surface area contributed by atoms with E-state index < -0.39 is 12.7 Å². The van der Waals surface area contributed by atoms with Crippen molar-refractivity contribution in [1.82, 2.24) is 15.1 Å². The molecule has 0 spiro atoms. The molecule has 4 aliphatic heterocycles. The molecule has 0 aromatic heterocycles. The molecule has 4 saturated heterocycles. The fourth-order valence-corrected chi connectivity index (χ4v) is 5.23. The molecule has 1 N–H and O–H groups in total. The second-order valence-electron chi connectivity index (χ2n) is 8.22. The van der Waals surface area contributed by atoms with Crippen LogP contribution in [0.4, 0.5) is 13.2 Å². The largest absolute Gasteiger partial charge is 0.401 e. The number of nitrogens with zero attached hydrogens (tertiary/aromatic N) is 3. The number of likely N-dealkylation sites (tertiary alicyclic amines) is 2. The Morgan fingerprint density at radius 2 is 1.78 bits per heavy atom. The topological polar surface area (TPSA) is 40.1 Å². The minimum absolute atomic E-state index is 0. The molecule has 5 nitrogen and oxygen atoms in total. The fourth-order valence-electron chi connectivity index (χ4n) is 5.23. The van der Waals surface area contributed by atoms with E-state index in [0.717, 1.165) is 32.0 Å². The normalized spacial score (nSPS) is 36.2. The quantitative estimate of drug-likeness (QED) is 0.365. The van der Waals surface area contributed by atoms with Crippen LogP contribution in [-0.4, -0.2) is 80.0 Å². The fraction of sp³-hybridized carbons (Fsp3) is 0.944. The van der Waals surface area contributed by atoms with Crippen molar-refractivity contribution in [3.8, 4) is 0 Å². The lowest BCUT2D eigenvalue weighted by atomic mass is 9.82. The Balaban J connectivity index is 0.00000210. The van der Waals surface area contributed by atoms with Gasteiger partial charge in [0, 0.05) is 44.6 Å². The summed E-state index contributed by atoms with van der Waals surface area (Å²) in [5, 5.41) is 3.38. The number of nitrogens with one attached hydrogen (secondary N) is 1. The van der Waals surface area contributed by atoms with Gasteiger partial charge in [0.1, 0.15) is 0 Å². The Labute approximate surface area is 176 Å². The van der Waals surface area contributed by atoms with Crippen molar-refractivity contribution in [2.45, 2.75) is 44.6 Å². The van der Waals surface area contributed by atoms with Gasteiger partial charge in [-0.1, -0.05) is 0 Å². The molecule has 2 bridgehead atoms. The Morgan fingerprint density at radius 1 is 1.11 bits per heavy atom. The molecule has 0 saturated carbocycles. The molecule has 4 heterocycles. The molecule has 0 aromatic carbocycles. The van der Waals surface area contributed by atoms with Crippen molar-refractivity contribution in [3.05, 3.63) is 0 Å². The number of guanidine groups is 1. The van der Waals surface area contributed by atoms with Gasteiger partial charge < -0.3 is 15.0 Å². The van der Waals surface area contributed by atoms with Crippen LogP contribution in [0.25, 0.3) is 0 Å². The highest BCUT2D eigenvalue weighted by atomic mass is 127. The van der Waals surface area contributed by atoms with E-state index in [2.05, 4.69) is 17.1 Å². The van der Waals surface area contributed by atoms with Crippen LogP contribution in [0.5, 0.6) is 0 Å². The first-order valence-corrected chi connectivity index (χ1v) is 9.90. The average molecular weight is 502 g/mol. The summed E-state index contributed by atoms with van der Waals surface area (Å²) in [6.07, 6.45) is -0.105.